The van der Waals surface area contributed by atoms with Gasteiger partial charge in [0.15, 0.2) is 0 Å². The zero-order valence-electron chi connectivity index (χ0n) is 10.7. The number of ether oxygens (including phenoxy) is 1. The van der Waals surface area contributed by atoms with Crippen LogP contribution in [0.5, 0.6) is 5.75 Å². The molecule has 0 radical (unpaired) electrons. The molecule has 1 N–H and O–H groups in total. The predicted molar refractivity (Wildman–Crippen MR) is 77.5 cm³/mol. The fourth-order valence-electron chi connectivity index (χ4n) is 2.01. The van der Waals surface area contributed by atoms with Gasteiger partial charge in [0, 0.05) is 10.6 Å². The minimum absolute atomic E-state index is 0.748. The van der Waals surface area contributed by atoms with Gasteiger partial charge in [-0.2, -0.15) is 0 Å². The molecule has 0 bridgehead atoms. The number of rotatable bonds is 2. The standard InChI is InChI=1S/C13H14BrClN2O/c1-6-5-9(18-4)10(7(2)11(6)15)12-13(14)17-8(3)16-12/h5H,1-4H3,(H,16,17). The van der Waals surface area contributed by atoms with Gasteiger partial charge in [-0.1, -0.05) is 11.6 Å². The van der Waals surface area contributed by atoms with E-state index in [9.17, 15) is 0 Å². The highest BCUT2D eigenvalue weighted by atomic mass is 79.9. The third-order valence-corrected chi connectivity index (χ3v) is 4.03. The summed E-state index contributed by atoms with van der Waals surface area (Å²) >= 11 is 9.79. The molecule has 0 spiro atoms. The first-order valence-electron chi connectivity index (χ1n) is 5.51. The number of aromatic amines is 1. The molecule has 0 atom stereocenters. The van der Waals surface area contributed by atoms with Crippen LogP contribution in [0.4, 0.5) is 0 Å². The van der Waals surface area contributed by atoms with Crippen molar-refractivity contribution in [2.24, 2.45) is 0 Å². The number of aromatic nitrogens is 2. The van der Waals surface area contributed by atoms with Crippen molar-refractivity contribution in [3.05, 3.63) is 32.6 Å². The average molecular weight is 330 g/mol. The van der Waals surface area contributed by atoms with E-state index in [1.807, 2.05) is 26.8 Å². The second kappa shape index (κ2) is 4.94. The van der Waals surface area contributed by atoms with E-state index in [-0.39, 0.29) is 0 Å². The van der Waals surface area contributed by atoms with Crippen molar-refractivity contribution in [1.29, 1.82) is 0 Å². The topological polar surface area (TPSA) is 37.9 Å². The van der Waals surface area contributed by atoms with Crippen LogP contribution in [0.3, 0.4) is 0 Å². The van der Waals surface area contributed by atoms with Gasteiger partial charge < -0.3 is 9.72 Å². The van der Waals surface area contributed by atoms with Crippen molar-refractivity contribution in [1.82, 2.24) is 9.97 Å². The fraction of sp³-hybridized carbons (Fsp3) is 0.308. The summed E-state index contributed by atoms with van der Waals surface area (Å²) in [5.74, 6) is 1.62. The third kappa shape index (κ3) is 2.15. The van der Waals surface area contributed by atoms with Gasteiger partial charge in [-0.05, 0) is 53.9 Å². The lowest BCUT2D eigenvalue weighted by molar-refractivity contribution is 0.415. The Morgan fingerprint density at radius 2 is 2.00 bits per heavy atom. The summed E-state index contributed by atoms with van der Waals surface area (Å²) in [4.78, 5) is 7.61. The lowest BCUT2D eigenvalue weighted by Crippen LogP contribution is -1.95. The van der Waals surface area contributed by atoms with Gasteiger partial charge in [-0.3, -0.25) is 0 Å². The molecule has 0 amide bonds. The molecule has 1 aromatic heterocycles. The van der Waals surface area contributed by atoms with Crippen LogP contribution in [0.15, 0.2) is 10.7 Å². The Hall–Kier alpha value is -1.00. The number of methoxy groups -OCH3 is 1. The lowest BCUT2D eigenvalue weighted by Gasteiger charge is -2.13. The van der Waals surface area contributed by atoms with E-state index < -0.39 is 0 Å². The van der Waals surface area contributed by atoms with Crippen molar-refractivity contribution < 1.29 is 4.74 Å². The average Bonchev–Trinajstić information content (AvgIpc) is 2.64. The number of nitrogens with one attached hydrogen (secondary N) is 1. The normalized spacial score (nSPS) is 10.8. The summed E-state index contributed by atoms with van der Waals surface area (Å²) in [5, 5.41) is 0.748. The molecule has 18 heavy (non-hydrogen) atoms. The van der Waals surface area contributed by atoms with Crippen LogP contribution in [-0.2, 0) is 0 Å². The highest BCUT2D eigenvalue weighted by Gasteiger charge is 2.19. The number of benzene rings is 1. The number of H-pyrrole nitrogens is 1. The highest BCUT2D eigenvalue weighted by Crippen LogP contribution is 2.40. The molecule has 0 aliphatic heterocycles. The molecule has 1 heterocycles. The summed E-state index contributed by atoms with van der Waals surface area (Å²) in [6, 6.07) is 1.93. The van der Waals surface area contributed by atoms with Gasteiger partial charge in [0.25, 0.3) is 0 Å². The molecule has 3 nitrogen and oxygen atoms in total. The fourth-order valence-corrected chi connectivity index (χ4v) is 2.73. The monoisotopic (exact) mass is 328 g/mol. The van der Waals surface area contributed by atoms with Crippen LogP contribution in [0.2, 0.25) is 5.02 Å². The summed E-state index contributed by atoms with van der Waals surface area (Å²) < 4.78 is 6.28. The summed E-state index contributed by atoms with van der Waals surface area (Å²) in [6.07, 6.45) is 0. The second-order valence-electron chi connectivity index (χ2n) is 4.19. The Morgan fingerprint density at radius 1 is 1.33 bits per heavy atom. The van der Waals surface area contributed by atoms with E-state index in [4.69, 9.17) is 16.3 Å². The van der Waals surface area contributed by atoms with Gasteiger partial charge in [-0.15, -0.1) is 0 Å². The molecule has 2 rings (SSSR count). The van der Waals surface area contributed by atoms with Crippen molar-refractivity contribution in [3.8, 4) is 17.0 Å². The van der Waals surface area contributed by atoms with Crippen LogP contribution in [-0.4, -0.2) is 17.1 Å². The molecule has 0 saturated carbocycles. The van der Waals surface area contributed by atoms with E-state index in [1.54, 1.807) is 7.11 Å². The van der Waals surface area contributed by atoms with Crippen LogP contribution >= 0.6 is 27.5 Å². The molecule has 0 aliphatic carbocycles. The zero-order valence-corrected chi connectivity index (χ0v) is 13.0. The van der Waals surface area contributed by atoms with E-state index in [0.717, 1.165) is 43.6 Å². The van der Waals surface area contributed by atoms with Gasteiger partial charge >= 0.3 is 0 Å². The number of hydrogen-bond acceptors (Lipinski definition) is 2. The first-order chi connectivity index (χ1) is 8.45. The number of imidazole rings is 1. The van der Waals surface area contributed by atoms with E-state index >= 15 is 0 Å². The van der Waals surface area contributed by atoms with Crippen molar-refractivity contribution >= 4 is 27.5 Å². The Labute approximate surface area is 120 Å². The van der Waals surface area contributed by atoms with Crippen LogP contribution in [0.1, 0.15) is 17.0 Å². The second-order valence-corrected chi connectivity index (χ2v) is 5.37. The summed E-state index contributed by atoms with van der Waals surface area (Å²) in [7, 11) is 1.65. The molecule has 0 unspecified atom stereocenters. The van der Waals surface area contributed by atoms with Crippen LogP contribution in [0, 0.1) is 20.8 Å². The van der Waals surface area contributed by atoms with E-state index in [1.165, 1.54) is 0 Å². The summed E-state index contributed by atoms with van der Waals surface area (Å²) in [5.41, 5.74) is 3.71. The van der Waals surface area contributed by atoms with Crippen LogP contribution < -0.4 is 4.74 Å². The first kappa shape index (κ1) is 13.4. The molecular weight excluding hydrogens is 316 g/mol. The SMILES string of the molecule is COc1cc(C)c(Cl)c(C)c1-c1nc(C)[nH]c1Br. The Morgan fingerprint density at radius 3 is 2.50 bits per heavy atom. The molecule has 0 aliphatic rings. The van der Waals surface area contributed by atoms with E-state index in [0.29, 0.717) is 0 Å². The van der Waals surface area contributed by atoms with Gasteiger partial charge in [0.05, 0.1) is 7.11 Å². The molecule has 5 heteroatoms. The number of hydrogen-bond donors (Lipinski definition) is 1. The Kier molecular flexibility index (Phi) is 3.69. The minimum atomic E-state index is 0.748. The minimum Gasteiger partial charge on any atom is -0.496 e. The molecule has 2 aromatic rings. The van der Waals surface area contributed by atoms with Crippen LogP contribution in [0.25, 0.3) is 11.3 Å². The van der Waals surface area contributed by atoms with Crippen molar-refractivity contribution in [3.63, 3.8) is 0 Å². The number of halogens is 2. The number of aryl methyl sites for hydroxylation is 2. The first-order valence-corrected chi connectivity index (χ1v) is 6.69. The predicted octanol–water partition coefficient (Wildman–Crippen LogP) is 4.43. The van der Waals surface area contributed by atoms with Crippen molar-refractivity contribution in [2.75, 3.05) is 7.11 Å². The quantitative estimate of drug-likeness (QED) is 0.885. The number of nitrogens with zero attached hydrogens (tertiary/aromatic N) is 1. The maximum absolute atomic E-state index is 6.31. The van der Waals surface area contributed by atoms with Gasteiger partial charge in [-0.25, -0.2) is 4.98 Å². The van der Waals surface area contributed by atoms with Gasteiger partial charge in [0.2, 0.25) is 0 Å². The van der Waals surface area contributed by atoms with E-state index in [2.05, 4.69) is 25.9 Å². The lowest BCUT2D eigenvalue weighted by atomic mass is 10.0. The Bertz CT molecular complexity index is 608. The maximum atomic E-state index is 6.31. The molecule has 0 fully saturated rings. The van der Waals surface area contributed by atoms with Crippen molar-refractivity contribution in [2.45, 2.75) is 20.8 Å². The molecule has 96 valence electrons. The zero-order chi connectivity index (χ0) is 13.4. The smallest absolute Gasteiger partial charge is 0.128 e. The summed E-state index contributed by atoms with van der Waals surface area (Å²) in [6.45, 7) is 5.85. The van der Waals surface area contributed by atoms with Gasteiger partial charge in [0.1, 0.15) is 21.9 Å². The molecule has 1 aromatic carbocycles. The largest absolute Gasteiger partial charge is 0.496 e. The highest BCUT2D eigenvalue weighted by molar-refractivity contribution is 9.10. The third-order valence-electron chi connectivity index (χ3n) is 2.88. The Balaban J connectivity index is 2.77. The molecular formula is C13H14BrClN2O. The maximum Gasteiger partial charge on any atom is 0.128 e. The molecule has 0 saturated heterocycles.